The second kappa shape index (κ2) is 35.3. The predicted octanol–water partition coefficient (Wildman–Crippen LogP) is 9.14. The average molecular weight is 796 g/mol. The number of amides is 3. The van der Waals surface area contributed by atoms with E-state index in [2.05, 4.69) is 72.0 Å². The number of quaternary nitrogens is 3. The Balaban J connectivity index is 4.88. The van der Waals surface area contributed by atoms with Gasteiger partial charge >= 0.3 is 0 Å². The van der Waals surface area contributed by atoms with Gasteiger partial charge in [-0.1, -0.05) is 156 Å². The lowest BCUT2D eigenvalue weighted by Gasteiger charge is -2.37. The van der Waals surface area contributed by atoms with Gasteiger partial charge in [-0.05, 0) is 19.3 Å². The molecule has 0 radical (unpaired) electrons. The first kappa shape index (κ1) is 54.3. The van der Waals surface area contributed by atoms with Crippen LogP contribution in [0.5, 0.6) is 0 Å². The number of hydrogen-bond acceptors (Lipinski definition) is 3. The van der Waals surface area contributed by atoms with E-state index in [4.69, 9.17) is 0 Å². The molecule has 3 N–H and O–H groups in total. The summed E-state index contributed by atoms with van der Waals surface area (Å²) in [5, 5.41) is 9.57. The molecule has 0 aromatic heterocycles. The normalized spacial score (nSPS) is 12.2. The molecular weight excluding hydrogens is 697 g/mol. The highest BCUT2D eigenvalue weighted by atomic mass is 16.2. The summed E-state index contributed by atoms with van der Waals surface area (Å²) in [6, 6.07) is 0. The molecule has 0 heterocycles. The van der Waals surface area contributed by atoms with Crippen LogP contribution in [0.4, 0.5) is 0 Å². The Morgan fingerprint density at radius 2 is 0.571 bits per heavy atom. The molecule has 0 aliphatic rings. The maximum atomic E-state index is 13.3. The molecule has 0 spiro atoms. The van der Waals surface area contributed by atoms with E-state index in [1.807, 2.05) is 0 Å². The van der Waals surface area contributed by atoms with Gasteiger partial charge in [0.2, 0.25) is 0 Å². The van der Waals surface area contributed by atoms with Crippen LogP contribution in [0.25, 0.3) is 0 Å². The maximum absolute atomic E-state index is 13.3. The Hall–Kier alpha value is -1.71. The Morgan fingerprint density at radius 1 is 0.321 bits per heavy atom. The molecular formula is C47H99N6O3+3. The minimum Gasteiger partial charge on any atom is -0.351 e. The third-order valence-corrected chi connectivity index (χ3v) is 11.6. The van der Waals surface area contributed by atoms with Gasteiger partial charge < -0.3 is 29.4 Å². The van der Waals surface area contributed by atoms with Gasteiger partial charge in [-0.15, -0.1) is 0 Å². The smallest absolute Gasteiger partial charge is 0.275 e. The molecule has 0 rings (SSSR count). The van der Waals surface area contributed by atoms with Crippen LogP contribution in [0.1, 0.15) is 188 Å². The summed E-state index contributed by atoms with van der Waals surface area (Å²) in [5.74, 6) is 0.411. The first-order valence-corrected chi connectivity index (χ1v) is 24.1. The third-order valence-electron chi connectivity index (χ3n) is 11.6. The SMILES string of the molecule is CCCCCCCCCCNC(=O)C[N+](C)(C)CCC[N+](C)(CCC[N+](C)(C)CC(=O)NCCCCCCCCCC)CC(=O)NCCCCCCCCCC. The van der Waals surface area contributed by atoms with Crippen LogP contribution < -0.4 is 16.0 Å². The number of unbranched alkanes of at least 4 members (excludes halogenated alkanes) is 21. The number of likely N-dealkylation sites (N-methyl/N-ethyl adjacent to an activating group) is 3. The molecule has 0 aromatic carbocycles. The van der Waals surface area contributed by atoms with Gasteiger partial charge in [0.15, 0.2) is 19.6 Å². The number of carbonyl (C=O) groups is 3. The topological polar surface area (TPSA) is 87.3 Å². The first-order valence-electron chi connectivity index (χ1n) is 24.1. The van der Waals surface area contributed by atoms with Gasteiger partial charge in [-0.2, -0.15) is 0 Å². The number of nitrogens with one attached hydrogen (secondary N) is 3. The molecule has 0 saturated heterocycles. The summed E-state index contributed by atoms with van der Waals surface area (Å²) >= 11 is 0. The summed E-state index contributed by atoms with van der Waals surface area (Å²) in [6.45, 7) is 14.0. The average Bonchev–Trinajstić information content (AvgIpc) is 3.12. The van der Waals surface area contributed by atoms with Gasteiger partial charge in [0.25, 0.3) is 17.7 Å². The van der Waals surface area contributed by atoms with Crippen molar-refractivity contribution < 1.29 is 27.8 Å². The molecule has 0 aliphatic heterocycles. The number of nitrogens with zero attached hydrogens (tertiary/aromatic N) is 3. The number of hydrogen-bond donors (Lipinski definition) is 3. The van der Waals surface area contributed by atoms with Crippen molar-refractivity contribution in [1.29, 1.82) is 0 Å². The lowest BCUT2D eigenvalue weighted by Crippen LogP contribution is -2.55. The summed E-state index contributed by atoms with van der Waals surface area (Å²) in [4.78, 5) is 39.0. The monoisotopic (exact) mass is 796 g/mol. The van der Waals surface area contributed by atoms with Crippen LogP contribution in [-0.2, 0) is 14.4 Å². The van der Waals surface area contributed by atoms with Crippen molar-refractivity contribution in [3.63, 3.8) is 0 Å². The van der Waals surface area contributed by atoms with E-state index in [1.165, 1.54) is 135 Å². The molecule has 3 amide bonds. The highest BCUT2D eigenvalue weighted by Gasteiger charge is 2.29. The molecule has 0 aliphatic carbocycles. The van der Waals surface area contributed by atoms with Crippen molar-refractivity contribution in [1.82, 2.24) is 16.0 Å². The zero-order valence-electron chi connectivity index (χ0n) is 39.0. The highest BCUT2D eigenvalue weighted by Crippen LogP contribution is 2.13. The molecule has 0 saturated carbocycles. The zero-order valence-corrected chi connectivity index (χ0v) is 39.0. The van der Waals surface area contributed by atoms with Crippen LogP contribution in [0.3, 0.4) is 0 Å². The summed E-state index contributed by atoms with van der Waals surface area (Å²) < 4.78 is 1.97. The van der Waals surface area contributed by atoms with Gasteiger partial charge in [0, 0.05) is 32.5 Å². The quantitative estimate of drug-likeness (QED) is 0.0427. The van der Waals surface area contributed by atoms with Crippen LogP contribution >= 0.6 is 0 Å². The van der Waals surface area contributed by atoms with Crippen molar-refractivity contribution in [2.45, 2.75) is 188 Å². The molecule has 0 unspecified atom stereocenters. The van der Waals surface area contributed by atoms with E-state index in [9.17, 15) is 14.4 Å². The molecule has 332 valence electrons. The van der Waals surface area contributed by atoms with E-state index >= 15 is 0 Å². The van der Waals surface area contributed by atoms with Crippen molar-refractivity contribution in [3.8, 4) is 0 Å². The molecule has 0 atom stereocenters. The fraction of sp³-hybridized carbons (Fsp3) is 0.936. The first-order chi connectivity index (χ1) is 26.8. The fourth-order valence-electron chi connectivity index (χ4n) is 7.94. The van der Waals surface area contributed by atoms with E-state index in [0.29, 0.717) is 33.1 Å². The minimum atomic E-state index is 0.136. The van der Waals surface area contributed by atoms with E-state index < -0.39 is 0 Å². The predicted molar refractivity (Wildman–Crippen MR) is 241 cm³/mol. The van der Waals surface area contributed by atoms with Crippen molar-refractivity contribution >= 4 is 17.7 Å². The maximum Gasteiger partial charge on any atom is 0.275 e. The highest BCUT2D eigenvalue weighted by molar-refractivity contribution is 5.77. The fourth-order valence-corrected chi connectivity index (χ4v) is 7.94. The van der Waals surface area contributed by atoms with Crippen molar-refractivity contribution in [3.05, 3.63) is 0 Å². The Bertz CT molecular complexity index is 902. The third kappa shape index (κ3) is 35.5. The van der Waals surface area contributed by atoms with Gasteiger partial charge in [-0.3, -0.25) is 14.4 Å². The van der Waals surface area contributed by atoms with Crippen molar-refractivity contribution in [2.75, 3.05) is 101 Å². The Morgan fingerprint density at radius 3 is 0.857 bits per heavy atom. The Labute approximate surface area is 349 Å². The lowest BCUT2D eigenvalue weighted by atomic mass is 10.1. The second-order valence-corrected chi connectivity index (χ2v) is 19.0. The second-order valence-electron chi connectivity index (χ2n) is 19.0. The molecule has 9 nitrogen and oxygen atoms in total. The largest absolute Gasteiger partial charge is 0.351 e. The Kier molecular flexibility index (Phi) is 34.2. The van der Waals surface area contributed by atoms with E-state index in [0.717, 1.165) is 77.9 Å². The zero-order chi connectivity index (χ0) is 41.8. The van der Waals surface area contributed by atoms with Gasteiger partial charge in [-0.25, -0.2) is 0 Å². The van der Waals surface area contributed by atoms with E-state index in [1.54, 1.807) is 0 Å². The van der Waals surface area contributed by atoms with Crippen LogP contribution in [0, 0.1) is 0 Å². The number of carbonyl (C=O) groups excluding carboxylic acids is 3. The van der Waals surface area contributed by atoms with Gasteiger partial charge in [0.1, 0.15) is 0 Å². The molecule has 0 bridgehead atoms. The summed E-state index contributed by atoms with van der Waals surface area (Å²) in [7, 11) is 10.8. The van der Waals surface area contributed by atoms with E-state index in [-0.39, 0.29) is 17.7 Å². The van der Waals surface area contributed by atoms with Crippen LogP contribution in [0.15, 0.2) is 0 Å². The van der Waals surface area contributed by atoms with Gasteiger partial charge in [0.05, 0.1) is 61.4 Å². The molecule has 9 heteroatoms. The van der Waals surface area contributed by atoms with Crippen LogP contribution in [-0.4, -0.2) is 132 Å². The van der Waals surface area contributed by atoms with Crippen molar-refractivity contribution in [2.24, 2.45) is 0 Å². The summed E-state index contributed by atoms with van der Waals surface area (Å²) in [6.07, 6.45) is 32.2. The number of rotatable bonds is 41. The molecule has 0 aromatic rings. The molecule has 56 heavy (non-hydrogen) atoms. The summed E-state index contributed by atoms with van der Waals surface area (Å²) in [5.41, 5.74) is 0. The lowest BCUT2D eigenvalue weighted by molar-refractivity contribution is -0.920. The van der Waals surface area contributed by atoms with Crippen LogP contribution in [0.2, 0.25) is 0 Å². The standard InChI is InChI=1S/C47H96N6O3/c1-9-12-15-18-21-24-27-30-35-48-45(54)42-51(4,5)38-33-40-53(8,44-47(56)50-37-32-29-26-23-20-17-14-11-3)41-34-39-52(6,7)43-46(55)49-36-31-28-25-22-19-16-13-10-2/h9-44H2,1-8H3/p+3. The minimum absolute atomic E-state index is 0.136. The molecule has 0 fully saturated rings.